The minimum absolute atomic E-state index is 0.884. The largest absolute Gasteiger partial charge is 0.317 e. The molecule has 1 aliphatic rings. The summed E-state index contributed by atoms with van der Waals surface area (Å²) in [6, 6.07) is 10.6. The van der Waals surface area contributed by atoms with Gasteiger partial charge in [0, 0.05) is 24.1 Å². The Morgan fingerprint density at radius 3 is 2.71 bits per heavy atom. The third kappa shape index (κ3) is 5.11. The molecule has 1 heterocycles. The average molecular weight is 250 g/mol. The zero-order valence-corrected chi connectivity index (χ0v) is 11.1. The molecule has 0 unspecified atom stereocenters. The van der Waals surface area contributed by atoms with Crippen molar-refractivity contribution in [3.63, 3.8) is 0 Å². The number of rotatable bonds is 6. The molecule has 2 rings (SSSR count). The lowest BCUT2D eigenvalue weighted by atomic mass is 10.2. The molecule has 1 aromatic carbocycles. The predicted octanol–water partition coefficient (Wildman–Crippen LogP) is 2.26. The monoisotopic (exact) mass is 250 g/mol. The van der Waals surface area contributed by atoms with E-state index in [1.807, 2.05) is 0 Å². The van der Waals surface area contributed by atoms with E-state index in [9.17, 15) is 0 Å². The summed E-state index contributed by atoms with van der Waals surface area (Å²) in [7, 11) is 0. The summed E-state index contributed by atoms with van der Waals surface area (Å²) in [5.74, 6) is 1.23. The number of nitrogens with one attached hydrogen (secondary N) is 2. The predicted molar refractivity (Wildman–Crippen MR) is 76.5 cm³/mol. The van der Waals surface area contributed by atoms with Crippen molar-refractivity contribution in [3.8, 4) is 0 Å². The van der Waals surface area contributed by atoms with Gasteiger partial charge in [0.2, 0.25) is 0 Å². The fourth-order valence-electron chi connectivity index (χ4n) is 2.09. The van der Waals surface area contributed by atoms with Crippen LogP contribution >= 0.6 is 11.8 Å². The van der Waals surface area contributed by atoms with Crippen LogP contribution in [0, 0.1) is 0 Å². The highest BCUT2D eigenvalue weighted by molar-refractivity contribution is 7.99. The van der Waals surface area contributed by atoms with Gasteiger partial charge in [-0.15, -0.1) is 0 Å². The molecule has 0 aliphatic carbocycles. The van der Waals surface area contributed by atoms with E-state index in [2.05, 4.69) is 52.7 Å². The van der Waals surface area contributed by atoms with Crippen LogP contribution in [0.1, 0.15) is 18.4 Å². The second-order valence-corrected chi connectivity index (χ2v) is 5.89. The van der Waals surface area contributed by atoms with Crippen molar-refractivity contribution in [1.29, 1.82) is 0 Å². The van der Waals surface area contributed by atoms with Crippen molar-refractivity contribution in [2.75, 3.05) is 25.4 Å². The van der Waals surface area contributed by atoms with Crippen LogP contribution < -0.4 is 10.6 Å². The van der Waals surface area contributed by atoms with Crippen molar-refractivity contribution >= 4 is 11.8 Å². The maximum Gasteiger partial charge on any atom is 0.0205 e. The summed E-state index contributed by atoms with van der Waals surface area (Å²) in [5.41, 5.74) is 1.37. The topological polar surface area (TPSA) is 24.1 Å². The number of benzene rings is 1. The molecule has 1 fully saturated rings. The molecule has 1 saturated heterocycles. The normalized spacial score (nSPS) is 17.2. The van der Waals surface area contributed by atoms with E-state index >= 15 is 0 Å². The SMILES string of the molecule is c1ccc(CNCCSC2CCNCC2)cc1. The van der Waals surface area contributed by atoms with Gasteiger partial charge < -0.3 is 10.6 Å². The highest BCUT2D eigenvalue weighted by atomic mass is 32.2. The van der Waals surface area contributed by atoms with Crippen molar-refractivity contribution in [3.05, 3.63) is 35.9 Å². The molecule has 3 heteroatoms. The Morgan fingerprint density at radius 1 is 1.18 bits per heavy atom. The highest BCUT2D eigenvalue weighted by Gasteiger charge is 2.12. The van der Waals surface area contributed by atoms with E-state index in [1.54, 1.807) is 0 Å². The molecule has 1 aromatic rings. The molecular formula is C14H22N2S. The Kier molecular flexibility index (Phi) is 5.89. The lowest BCUT2D eigenvalue weighted by Gasteiger charge is -2.22. The van der Waals surface area contributed by atoms with Crippen LogP contribution in [0.3, 0.4) is 0 Å². The lowest BCUT2D eigenvalue weighted by Crippen LogP contribution is -2.30. The van der Waals surface area contributed by atoms with E-state index < -0.39 is 0 Å². The second-order valence-electron chi connectivity index (χ2n) is 4.48. The summed E-state index contributed by atoms with van der Waals surface area (Å²) >= 11 is 2.13. The summed E-state index contributed by atoms with van der Waals surface area (Å²) < 4.78 is 0. The Bertz CT molecular complexity index is 296. The van der Waals surface area contributed by atoms with Gasteiger partial charge in [0.1, 0.15) is 0 Å². The maximum atomic E-state index is 3.50. The third-order valence-electron chi connectivity index (χ3n) is 3.09. The number of hydrogen-bond donors (Lipinski definition) is 2. The molecule has 0 atom stereocenters. The van der Waals surface area contributed by atoms with Crippen LogP contribution in [0.4, 0.5) is 0 Å². The molecule has 17 heavy (non-hydrogen) atoms. The highest BCUT2D eigenvalue weighted by Crippen LogP contribution is 2.19. The fourth-order valence-corrected chi connectivity index (χ4v) is 3.25. The first-order valence-electron chi connectivity index (χ1n) is 6.52. The Labute approximate surface area is 109 Å². The van der Waals surface area contributed by atoms with Crippen LogP contribution in [0.5, 0.6) is 0 Å². The van der Waals surface area contributed by atoms with Gasteiger partial charge in [-0.1, -0.05) is 30.3 Å². The molecule has 0 aromatic heterocycles. The molecule has 2 nitrogen and oxygen atoms in total. The molecular weight excluding hydrogens is 228 g/mol. The van der Waals surface area contributed by atoms with Gasteiger partial charge in [-0.05, 0) is 31.5 Å². The van der Waals surface area contributed by atoms with E-state index in [-0.39, 0.29) is 0 Å². The van der Waals surface area contributed by atoms with E-state index in [4.69, 9.17) is 0 Å². The minimum atomic E-state index is 0.884. The molecule has 0 amide bonds. The summed E-state index contributed by atoms with van der Waals surface area (Å²) in [5, 5.41) is 7.80. The molecule has 0 radical (unpaired) electrons. The van der Waals surface area contributed by atoms with Gasteiger partial charge in [0.05, 0.1) is 0 Å². The zero-order chi connectivity index (χ0) is 11.8. The molecule has 1 aliphatic heterocycles. The first-order chi connectivity index (χ1) is 8.45. The van der Waals surface area contributed by atoms with E-state index in [0.717, 1.165) is 18.3 Å². The van der Waals surface area contributed by atoms with Crippen LogP contribution in [0.2, 0.25) is 0 Å². The van der Waals surface area contributed by atoms with Gasteiger partial charge in [0.15, 0.2) is 0 Å². The van der Waals surface area contributed by atoms with Gasteiger partial charge in [0.25, 0.3) is 0 Å². The summed E-state index contributed by atoms with van der Waals surface area (Å²) in [6.07, 6.45) is 2.67. The Morgan fingerprint density at radius 2 is 1.94 bits per heavy atom. The number of hydrogen-bond acceptors (Lipinski definition) is 3. The van der Waals surface area contributed by atoms with Gasteiger partial charge in [-0.3, -0.25) is 0 Å². The van der Waals surface area contributed by atoms with Gasteiger partial charge in [-0.25, -0.2) is 0 Å². The fraction of sp³-hybridized carbons (Fsp3) is 0.571. The molecule has 0 saturated carbocycles. The minimum Gasteiger partial charge on any atom is -0.317 e. The van der Waals surface area contributed by atoms with Gasteiger partial charge in [-0.2, -0.15) is 11.8 Å². The Balaban J connectivity index is 1.51. The van der Waals surface area contributed by atoms with Crippen molar-refractivity contribution in [2.24, 2.45) is 0 Å². The smallest absolute Gasteiger partial charge is 0.0205 e. The summed E-state index contributed by atoms with van der Waals surface area (Å²) in [6.45, 7) is 4.52. The molecule has 0 bridgehead atoms. The lowest BCUT2D eigenvalue weighted by molar-refractivity contribution is 0.531. The first kappa shape index (κ1) is 12.9. The molecule has 0 spiro atoms. The van der Waals surface area contributed by atoms with Crippen LogP contribution in [-0.4, -0.2) is 30.6 Å². The third-order valence-corrected chi connectivity index (χ3v) is 4.47. The average Bonchev–Trinajstić information content (AvgIpc) is 2.41. The van der Waals surface area contributed by atoms with Crippen molar-refractivity contribution in [1.82, 2.24) is 10.6 Å². The molecule has 94 valence electrons. The zero-order valence-electron chi connectivity index (χ0n) is 10.3. The standard InChI is InChI=1S/C14H22N2S/c1-2-4-13(5-3-1)12-16-10-11-17-14-6-8-15-9-7-14/h1-5,14-16H,6-12H2. The van der Waals surface area contributed by atoms with Crippen LogP contribution in [-0.2, 0) is 6.54 Å². The first-order valence-corrected chi connectivity index (χ1v) is 7.57. The number of thioether (sulfide) groups is 1. The van der Waals surface area contributed by atoms with Crippen molar-refractivity contribution in [2.45, 2.75) is 24.6 Å². The van der Waals surface area contributed by atoms with Gasteiger partial charge >= 0.3 is 0 Å². The van der Waals surface area contributed by atoms with Crippen molar-refractivity contribution < 1.29 is 0 Å². The second kappa shape index (κ2) is 7.75. The number of piperidine rings is 1. The van der Waals surface area contributed by atoms with Crippen LogP contribution in [0.15, 0.2) is 30.3 Å². The quantitative estimate of drug-likeness (QED) is 0.757. The molecule has 2 N–H and O–H groups in total. The van der Waals surface area contributed by atoms with Crippen LogP contribution in [0.25, 0.3) is 0 Å². The van der Waals surface area contributed by atoms with E-state index in [0.29, 0.717) is 0 Å². The van der Waals surface area contributed by atoms with E-state index in [1.165, 1.54) is 37.2 Å². The summed E-state index contributed by atoms with van der Waals surface area (Å²) in [4.78, 5) is 0. The Hall–Kier alpha value is -0.510. The maximum absolute atomic E-state index is 3.50.